The van der Waals surface area contributed by atoms with Crippen molar-refractivity contribution < 1.29 is 0 Å². The van der Waals surface area contributed by atoms with Crippen molar-refractivity contribution in [2.24, 2.45) is 0 Å². The zero-order chi connectivity index (χ0) is 7.84. The number of nitrogens with one attached hydrogen (secondary N) is 1. The summed E-state index contributed by atoms with van der Waals surface area (Å²) in [5.41, 5.74) is 2.77. The molecule has 0 spiro atoms. The van der Waals surface area contributed by atoms with Gasteiger partial charge in [-0.05, 0) is 25.0 Å². The Morgan fingerprint density at radius 2 is 1.27 bits per heavy atom. The molecular formula is C10H13N. The van der Waals surface area contributed by atoms with Crippen LogP contribution < -0.4 is 5.32 Å². The topological polar surface area (TPSA) is 12.0 Å². The molecule has 2 heterocycles. The van der Waals surface area contributed by atoms with Gasteiger partial charge in [0.15, 0.2) is 0 Å². The summed E-state index contributed by atoms with van der Waals surface area (Å²) in [6.07, 6.45) is 0. The van der Waals surface area contributed by atoms with Gasteiger partial charge in [0.2, 0.25) is 0 Å². The number of rotatable bonds is 0. The van der Waals surface area contributed by atoms with Crippen LogP contribution in [-0.2, 0) is 0 Å². The zero-order valence-electron chi connectivity index (χ0n) is 6.96. The van der Waals surface area contributed by atoms with Crippen molar-refractivity contribution in [3.05, 3.63) is 35.4 Å². The highest BCUT2D eigenvalue weighted by atomic mass is 14.9. The molecular weight excluding hydrogens is 134 g/mol. The van der Waals surface area contributed by atoms with E-state index in [1.807, 2.05) is 0 Å². The Hall–Kier alpha value is -0.820. The van der Waals surface area contributed by atoms with Crippen molar-refractivity contribution in [1.82, 2.24) is 5.32 Å². The molecule has 3 rings (SSSR count). The molecule has 1 aromatic rings. The molecule has 0 fully saturated rings. The van der Waals surface area contributed by atoms with Gasteiger partial charge in [0.05, 0.1) is 0 Å². The van der Waals surface area contributed by atoms with Crippen molar-refractivity contribution in [3.63, 3.8) is 0 Å². The van der Waals surface area contributed by atoms with E-state index < -0.39 is 0 Å². The molecule has 1 nitrogen and oxygen atoms in total. The fraction of sp³-hybridized carbons (Fsp3) is 0.400. The second kappa shape index (κ2) is 2.35. The van der Waals surface area contributed by atoms with Crippen LogP contribution >= 0.6 is 0 Å². The van der Waals surface area contributed by atoms with E-state index in [0.29, 0.717) is 12.1 Å². The number of fused-ring (bicyclic) bond motifs is 4. The van der Waals surface area contributed by atoms with Gasteiger partial charge in [0.25, 0.3) is 0 Å². The van der Waals surface area contributed by atoms with Gasteiger partial charge >= 0.3 is 0 Å². The maximum atomic E-state index is 3.50. The molecule has 1 heteroatoms. The van der Waals surface area contributed by atoms with Crippen LogP contribution in [0.5, 0.6) is 0 Å². The summed E-state index contributed by atoms with van der Waals surface area (Å²) >= 11 is 0. The molecule has 0 aromatic heterocycles. The number of benzene rings is 1. The molecule has 1 aromatic carbocycles. The smallest absolute Gasteiger partial charge is 0.0297 e. The van der Waals surface area contributed by atoms with Crippen molar-refractivity contribution in [1.29, 1.82) is 0 Å². The van der Waals surface area contributed by atoms with E-state index in [4.69, 9.17) is 0 Å². The summed E-state index contributed by atoms with van der Waals surface area (Å²) in [7, 11) is 0. The van der Waals surface area contributed by atoms with Crippen LogP contribution in [0.4, 0.5) is 0 Å². The average Bonchev–Trinajstić information content (AvgIpc) is 2.22. The van der Waals surface area contributed by atoms with Gasteiger partial charge in [-0.1, -0.05) is 24.3 Å². The predicted octanol–water partition coefficient (Wildman–Crippen LogP) is 2.41. The van der Waals surface area contributed by atoms with Gasteiger partial charge in [-0.3, -0.25) is 0 Å². The third-order valence-electron chi connectivity index (χ3n) is 2.44. The van der Waals surface area contributed by atoms with Gasteiger partial charge in [0, 0.05) is 12.1 Å². The monoisotopic (exact) mass is 147 g/mol. The second-order valence-corrected chi connectivity index (χ2v) is 3.28. The van der Waals surface area contributed by atoms with Gasteiger partial charge in [0.1, 0.15) is 0 Å². The highest BCUT2D eigenvalue weighted by molar-refractivity contribution is 5.29. The summed E-state index contributed by atoms with van der Waals surface area (Å²) in [6.45, 7) is 4.41. The van der Waals surface area contributed by atoms with E-state index in [0.717, 1.165) is 0 Å². The Balaban J connectivity index is 2.48. The fourth-order valence-electron chi connectivity index (χ4n) is 1.64. The summed E-state index contributed by atoms with van der Waals surface area (Å²) in [5.74, 6) is 0. The van der Waals surface area contributed by atoms with E-state index in [1.165, 1.54) is 11.1 Å². The van der Waals surface area contributed by atoms with Gasteiger partial charge in [-0.2, -0.15) is 0 Å². The SMILES string of the molecule is CC1NC(C)c2ccc1cc2. The molecule has 0 saturated carbocycles. The van der Waals surface area contributed by atoms with Crippen molar-refractivity contribution in [2.75, 3.05) is 0 Å². The first-order valence-corrected chi connectivity index (χ1v) is 4.13. The molecule has 0 amide bonds. The lowest BCUT2D eigenvalue weighted by molar-refractivity contribution is 0.505. The summed E-state index contributed by atoms with van der Waals surface area (Å²) in [5, 5.41) is 3.50. The molecule has 2 aliphatic rings. The molecule has 2 aliphatic heterocycles. The Kier molecular flexibility index (Phi) is 1.46. The summed E-state index contributed by atoms with van der Waals surface area (Å²) in [4.78, 5) is 0. The molecule has 0 radical (unpaired) electrons. The minimum atomic E-state index is 0.498. The Morgan fingerprint density at radius 1 is 0.909 bits per heavy atom. The Morgan fingerprint density at radius 3 is 1.64 bits per heavy atom. The first-order valence-electron chi connectivity index (χ1n) is 4.13. The van der Waals surface area contributed by atoms with E-state index in [-0.39, 0.29) is 0 Å². The molecule has 11 heavy (non-hydrogen) atoms. The third-order valence-corrected chi connectivity index (χ3v) is 2.44. The molecule has 0 aliphatic carbocycles. The second-order valence-electron chi connectivity index (χ2n) is 3.28. The lowest BCUT2D eigenvalue weighted by Gasteiger charge is -2.14. The number of hydrogen-bond donors (Lipinski definition) is 1. The van der Waals surface area contributed by atoms with Crippen LogP contribution in [0.2, 0.25) is 0 Å². The van der Waals surface area contributed by atoms with Gasteiger partial charge in [-0.25, -0.2) is 0 Å². The first kappa shape index (κ1) is 6.86. The van der Waals surface area contributed by atoms with E-state index in [2.05, 4.69) is 43.4 Å². The highest BCUT2D eigenvalue weighted by Gasteiger charge is 2.14. The minimum absolute atomic E-state index is 0.498. The van der Waals surface area contributed by atoms with Gasteiger partial charge < -0.3 is 5.32 Å². The van der Waals surface area contributed by atoms with Crippen LogP contribution in [-0.4, -0.2) is 0 Å². The standard InChI is InChI=1S/C10H13N/c1-7-9-3-5-10(6-4-9)8(2)11-7/h3-8,11H,1-2H3. The Bertz CT molecular complexity index is 223. The quantitative estimate of drug-likeness (QED) is 0.594. The van der Waals surface area contributed by atoms with Crippen LogP contribution in [0.15, 0.2) is 24.3 Å². The Labute approximate surface area is 67.4 Å². The van der Waals surface area contributed by atoms with Crippen LogP contribution in [0, 0.1) is 0 Å². The van der Waals surface area contributed by atoms with E-state index in [1.54, 1.807) is 0 Å². The lowest BCUT2D eigenvalue weighted by Crippen LogP contribution is -2.19. The molecule has 2 unspecified atom stereocenters. The lowest BCUT2D eigenvalue weighted by atomic mass is 10.1. The van der Waals surface area contributed by atoms with Crippen LogP contribution in [0.1, 0.15) is 37.1 Å². The number of hydrogen-bond acceptors (Lipinski definition) is 1. The van der Waals surface area contributed by atoms with Crippen molar-refractivity contribution in [3.8, 4) is 0 Å². The van der Waals surface area contributed by atoms with E-state index >= 15 is 0 Å². The average molecular weight is 147 g/mol. The predicted molar refractivity (Wildman–Crippen MR) is 46.4 cm³/mol. The molecule has 0 saturated heterocycles. The third kappa shape index (κ3) is 1.05. The highest BCUT2D eigenvalue weighted by Crippen LogP contribution is 2.24. The van der Waals surface area contributed by atoms with Gasteiger partial charge in [-0.15, -0.1) is 0 Å². The summed E-state index contributed by atoms with van der Waals surface area (Å²) < 4.78 is 0. The molecule has 2 atom stereocenters. The first-order chi connectivity index (χ1) is 5.27. The maximum Gasteiger partial charge on any atom is 0.0297 e. The summed E-state index contributed by atoms with van der Waals surface area (Å²) in [6, 6.07) is 9.81. The minimum Gasteiger partial charge on any atom is -0.304 e. The van der Waals surface area contributed by atoms with E-state index in [9.17, 15) is 0 Å². The zero-order valence-corrected chi connectivity index (χ0v) is 6.96. The maximum absolute atomic E-state index is 3.50. The van der Waals surface area contributed by atoms with Crippen molar-refractivity contribution >= 4 is 0 Å². The largest absolute Gasteiger partial charge is 0.304 e. The van der Waals surface area contributed by atoms with Crippen LogP contribution in [0.25, 0.3) is 0 Å². The normalized spacial score (nSPS) is 28.5. The molecule has 1 N–H and O–H groups in total. The van der Waals surface area contributed by atoms with Crippen molar-refractivity contribution in [2.45, 2.75) is 25.9 Å². The van der Waals surface area contributed by atoms with Crippen LogP contribution in [0.3, 0.4) is 0 Å². The molecule has 58 valence electrons. The molecule has 2 bridgehead atoms. The fourth-order valence-corrected chi connectivity index (χ4v) is 1.64.